The normalized spacial score (nSPS) is 21.7. The van der Waals surface area contributed by atoms with E-state index in [9.17, 15) is 4.79 Å². The van der Waals surface area contributed by atoms with Gasteiger partial charge in [-0.3, -0.25) is 4.90 Å². The summed E-state index contributed by atoms with van der Waals surface area (Å²) in [5, 5.41) is 14.3. The fraction of sp³-hybridized carbons (Fsp3) is 0.654. The van der Waals surface area contributed by atoms with E-state index < -0.39 is 5.60 Å². The lowest BCUT2D eigenvalue weighted by Gasteiger charge is -2.43. The van der Waals surface area contributed by atoms with Crippen LogP contribution in [-0.4, -0.2) is 63.2 Å². The van der Waals surface area contributed by atoms with Crippen molar-refractivity contribution in [3.05, 3.63) is 47.5 Å². The molecule has 1 aromatic heterocycles. The predicted molar refractivity (Wildman–Crippen MR) is 133 cm³/mol. The second-order valence-corrected chi connectivity index (χ2v) is 11.0. The summed E-state index contributed by atoms with van der Waals surface area (Å²) in [6.07, 6.45) is 2.89. The van der Waals surface area contributed by atoms with Gasteiger partial charge in [-0.15, -0.1) is 10.2 Å². The molecular weight excluding hydrogens is 428 g/mol. The number of ether oxygens (including phenoxy) is 1. The second kappa shape index (κ2) is 9.94. The quantitative estimate of drug-likeness (QED) is 0.658. The van der Waals surface area contributed by atoms with E-state index in [2.05, 4.69) is 56.1 Å². The Bertz CT molecular complexity index is 953. The van der Waals surface area contributed by atoms with E-state index in [1.807, 2.05) is 45.9 Å². The molecular formula is C26H40N6O2. The zero-order valence-corrected chi connectivity index (χ0v) is 21.5. The number of hydrogen-bond acceptors (Lipinski definition) is 6. The van der Waals surface area contributed by atoms with Crippen LogP contribution in [0.15, 0.2) is 30.3 Å². The Morgan fingerprint density at radius 1 is 1.12 bits per heavy atom. The smallest absolute Gasteiger partial charge is 0.408 e. The first-order chi connectivity index (χ1) is 16.1. The Hall–Kier alpha value is -2.61. The minimum Gasteiger partial charge on any atom is -0.444 e. The average molecular weight is 469 g/mol. The zero-order chi connectivity index (χ0) is 24.5. The highest BCUT2D eigenvalue weighted by Gasteiger charge is 2.41. The maximum absolute atomic E-state index is 12.6. The summed E-state index contributed by atoms with van der Waals surface area (Å²) in [5.74, 6) is 2.33. The molecule has 0 spiro atoms. The van der Waals surface area contributed by atoms with Crippen molar-refractivity contribution in [2.75, 3.05) is 24.6 Å². The van der Waals surface area contributed by atoms with Crippen LogP contribution in [0, 0.1) is 6.92 Å². The van der Waals surface area contributed by atoms with E-state index >= 15 is 0 Å². The number of aromatic nitrogens is 3. The molecule has 0 radical (unpaired) electrons. The topological polar surface area (TPSA) is 75.5 Å². The molecule has 186 valence electrons. The number of amides is 1. The van der Waals surface area contributed by atoms with Crippen molar-refractivity contribution in [3.8, 4) is 0 Å². The predicted octanol–water partition coefficient (Wildman–Crippen LogP) is 4.15. The molecule has 34 heavy (non-hydrogen) atoms. The van der Waals surface area contributed by atoms with Crippen LogP contribution < -0.4 is 10.3 Å². The molecule has 1 amide bonds. The first-order valence-electron chi connectivity index (χ1n) is 12.6. The maximum Gasteiger partial charge on any atom is 0.408 e. The molecule has 2 aromatic rings. The van der Waals surface area contributed by atoms with Crippen LogP contribution >= 0.6 is 0 Å². The van der Waals surface area contributed by atoms with Gasteiger partial charge in [-0.05, 0) is 52.5 Å². The number of alkyl carbamates (subject to hydrolysis) is 1. The highest BCUT2D eigenvalue weighted by atomic mass is 16.6. The van der Waals surface area contributed by atoms with Gasteiger partial charge in [-0.25, -0.2) is 9.47 Å². The summed E-state index contributed by atoms with van der Waals surface area (Å²) >= 11 is 0. The van der Waals surface area contributed by atoms with E-state index in [1.54, 1.807) is 0 Å². The molecule has 2 aliphatic rings. The highest BCUT2D eigenvalue weighted by molar-refractivity contribution is 5.68. The first-order valence-corrected chi connectivity index (χ1v) is 12.6. The Morgan fingerprint density at radius 3 is 2.35 bits per heavy atom. The van der Waals surface area contributed by atoms with E-state index in [0.717, 1.165) is 43.3 Å². The SMILES string of the molecule is Cc1nnc(C(C)C)n1N1CC2CCC(C1)N2CCC(NC(=O)OC(C)(C)C)c1ccccc1. The third kappa shape index (κ3) is 5.54. The molecule has 2 bridgehead atoms. The number of nitrogens with zero attached hydrogens (tertiary/aromatic N) is 5. The van der Waals surface area contributed by atoms with Crippen LogP contribution in [0.3, 0.4) is 0 Å². The average Bonchev–Trinajstić information content (AvgIpc) is 3.26. The van der Waals surface area contributed by atoms with Crippen LogP contribution in [0.1, 0.15) is 83.1 Å². The molecule has 0 saturated carbocycles. The van der Waals surface area contributed by atoms with Gasteiger partial charge in [0.25, 0.3) is 0 Å². The van der Waals surface area contributed by atoms with Crippen molar-refractivity contribution in [2.24, 2.45) is 0 Å². The van der Waals surface area contributed by atoms with Gasteiger partial charge < -0.3 is 15.1 Å². The van der Waals surface area contributed by atoms with Crippen molar-refractivity contribution in [2.45, 2.75) is 90.4 Å². The molecule has 0 aliphatic carbocycles. The van der Waals surface area contributed by atoms with Gasteiger partial charge in [-0.2, -0.15) is 0 Å². The molecule has 3 unspecified atom stereocenters. The highest BCUT2D eigenvalue weighted by Crippen LogP contribution is 2.32. The molecule has 3 heterocycles. The molecule has 2 saturated heterocycles. The number of piperazine rings is 1. The molecule has 4 rings (SSSR count). The van der Waals surface area contributed by atoms with Crippen LogP contribution in [0.5, 0.6) is 0 Å². The van der Waals surface area contributed by atoms with Crippen molar-refractivity contribution in [3.63, 3.8) is 0 Å². The van der Waals surface area contributed by atoms with Crippen LogP contribution in [-0.2, 0) is 4.74 Å². The molecule has 1 aromatic carbocycles. The van der Waals surface area contributed by atoms with Crippen LogP contribution in [0.2, 0.25) is 0 Å². The van der Waals surface area contributed by atoms with Gasteiger partial charge in [0.05, 0.1) is 19.1 Å². The van der Waals surface area contributed by atoms with Crippen molar-refractivity contribution >= 4 is 6.09 Å². The van der Waals surface area contributed by atoms with E-state index in [4.69, 9.17) is 4.74 Å². The van der Waals surface area contributed by atoms with Crippen molar-refractivity contribution in [1.82, 2.24) is 25.1 Å². The number of benzene rings is 1. The molecule has 2 aliphatic heterocycles. The number of carbonyl (C=O) groups excluding carboxylic acids is 1. The fourth-order valence-electron chi connectivity index (χ4n) is 5.32. The number of nitrogens with one attached hydrogen (secondary N) is 1. The van der Waals surface area contributed by atoms with Gasteiger partial charge in [0.2, 0.25) is 0 Å². The third-order valence-electron chi connectivity index (χ3n) is 6.80. The largest absolute Gasteiger partial charge is 0.444 e. The van der Waals surface area contributed by atoms with Crippen LogP contribution in [0.4, 0.5) is 4.79 Å². The summed E-state index contributed by atoms with van der Waals surface area (Å²) in [4.78, 5) is 15.2. The first kappa shape index (κ1) is 24.5. The maximum atomic E-state index is 12.6. The number of fused-ring (bicyclic) bond motifs is 2. The standard InChI is InChI=1S/C26H40N6O2/c1-18(2)24-29-28-19(3)32(24)30-16-21-12-13-22(17-30)31(21)15-14-23(20-10-8-7-9-11-20)27-25(33)34-26(4,5)6/h7-11,18,21-23H,12-17H2,1-6H3,(H,27,33). The van der Waals surface area contributed by atoms with E-state index in [-0.39, 0.29) is 12.1 Å². The number of rotatable bonds is 7. The molecule has 8 nitrogen and oxygen atoms in total. The summed E-state index contributed by atoms with van der Waals surface area (Å²) in [6.45, 7) is 15.0. The Kier molecular flexibility index (Phi) is 7.17. The van der Waals surface area contributed by atoms with Crippen LogP contribution in [0.25, 0.3) is 0 Å². The monoisotopic (exact) mass is 468 g/mol. The second-order valence-electron chi connectivity index (χ2n) is 11.0. The number of aryl methyl sites for hydroxylation is 1. The summed E-state index contributed by atoms with van der Waals surface area (Å²) in [5.41, 5.74) is 0.594. The van der Waals surface area contributed by atoms with Crippen molar-refractivity contribution in [1.29, 1.82) is 0 Å². The molecule has 3 atom stereocenters. The molecule has 8 heteroatoms. The lowest BCUT2D eigenvalue weighted by Crippen LogP contribution is -2.58. The van der Waals surface area contributed by atoms with Crippen molar-refractivity contribution < 1.29 is 9.53 Å². The summed E-state index contributed by atoms with van der Waals surface area (Å²) in [6, 6.07) is 11.1. The Morgan fingerprint density at radius 2 is 1.76 bits per heavy atom. The summed E-state index contributed by atoms with van der Waals surface area (Å²) < 4.78 is 7.79. The third-order valence-corrected chi connectivity index (χ3v) is 6.80. The van der Waals surface area contributed by atoms with Gasteiger partial charge in [0.15, 0.2) is 5.82 Å². The van der Waals surface area contributed by atoms with Gasteiger partial charge in [0, 0.05) is 24.5 Å². The fourth-order valence-corrected chi connectivity index (χ4v) is 5.32. The Labute approximate surface area is 203 Å². The van der Waals surface area contributed by atoms with E-state index in [0.29, 0.717) is 18.0 Å². The van der Waals surface area contributed by atoms with Gasteiger partial charge in [-0.1, -0.05) is 44.2 Å². The lowest BCUT2D eigenvalue weighted by molar-refractivity contribution is 0.0494. The number of hydrogen-bond donors (Lipinski definition) is 1. The number of carbonyl (C=O) groups is 1. The summed E-state index contributed by atoms with van der Waals surface area (Å²) in [7, 11) is 0. The molecule has 1 N–H and O–H groups in total. The van der Waals surface area contributed by atoms with Gasteiger partial charge >= 0.3 is 6.09 Å². The van der Waals surface area contributed by atoms with E-state index in [1.165, 1.54) is 12.8 Å². The molecule has 2 fully saturated rings. The zero-order valence-electron chi connectivity index (χ0n) is 21.5. The Balaban J connectivity index is 1.43. The minimum absolute atomic E-state index is 0.0823. The lowest BCUT2D eigenvalue weighted by atomic mass is 10.0. The minimum atomic E-state index is -0.518. The van der Waals surface area contributed by atoms with Gasteiger partial charge in [0.1, 0.15) is 11.4 Å².